The Morgan fingerprint density at radius 1 is 1.28 bits per heavy atom. The highest BCUT2D eigenvalue weighted by Crippen LogP contribution is 2.23. The molecule has 0 aliphatic carbocycles. The van der Waals surface area contributed by atoms with E-state index < -0.39 is 10.0 Å². The summed E-state index contributed by atoms with van der Waals surface area (Å²) in [4.78, 5) is 0.274. The Labute approximate surface area is 149 Å². The minimum absolute atomic E-state index is 0.274. The predicted molar refractivity (Wildman–Crippen MR) is 96.4 cm³/mol. The lowest BCUT2D eigenvalue weighted by molar-refractivity contribution is 0.0523. The van der Waals surface area contributed by atoms with Crippen LogP contribution < -0.4 is 4.72 Å². The van der Waals surface area contributed by atoms with Crippen LogP contribution in [-0.2, 0) is 14.8 Å². The highest BCUT2D eigenvalue weighted by Gasteiger charge is 2.25. The van der Waals surface area contributed by atoms with Crippen LogP contribution in [0.5, 0.6) is 0 Å². The maximum atomic E-state index is 12.8. The Balaban J connectivity index is 1.74. The average Bonchev–Trinajstić information content (AvgIpc) is 2.91. The van der Waals surface area contributed by atoms with Crippen molar-refractivity contribution in [2.75, 3.05) is 19.8 Å². The summed E-state index contributed by atoms with van der Waals surface area (Å²) in [5, 5.41) is 4.42. The Kier molecular flexibility index (Phi) is 5.56. The number of sulfonamides is 1. The number of aryl methyl sites for hydroxylation is 1. The van der Waals surface area contributed by atoms with Gasteiger partial charge in [-0.05, 0) is 51.2 Å². The lowest BCUT2D eigenvalue weighted by Crippen LogP contribution is -2.29. The topological polar surface area (TPSA) is 73.2 Å². The van der Waals surface area contributed by atoms with Gasteiger partial charge in [0.15, 0.2) is 0 Å². The minimum Gasteiger partial charge on any atom is -0.381 e. The molecular formula is C18H25N3O3S. The third-order valence-electron chi connectivity index (χ3n) is 4.59. The molecule has 1 fully saturated rings. The van der Waals surface area contributed by atoms with Gasteiger partial charge >= 0.3 is 0 Å². The molecule has 1 saturated heterocycles. The van der Waals surface area contributed by atoms with Crippen LogP contribution in [0, 0.1) is 19.8 Å². The van der Waals surface area contributed by atoms with Gasteiger partial charge in [0.25, 0.3) is 0 Å². The first kappa shape index (κ1) is 18.1. The van der Waals surface area contributed by atoms with Gasteiger partial charge in [0, 0.05) is 19.8 Å². The third-order valence-corrected chi connectivity index (χ3v) is 6.31. The molecule has 136 valence electrons. The summed E-state index contributed by atoms with van der Waals surface area (Å²) in [5.41, 5.74) is 1.98. The first-order valence-corrected chi connectivity index (χ1v) is 10.2. The molecule has 3 rings (SSSR count). The molecular weight excluding hydrogens is 338 g/mol. The van der Waals surface area contributed by atoms with Gasteiger partial charge in [-0.2, -0.15) is 5.10 Å². The van der Waals surface area contributed by atoms with E-state index in [4.69, 9.17) is 4.74 Å². The van der Waals surface area contributed by atoms with Crippen molar-refractivity contribution in [2.45, 2.75) is 38.0 Å². The molecule has 2 heterocycles. The van der Waals surface area contributed by atoms with Crippen LogP contribution in [0.2, 0.25) is 0 Å². The number of hydrogen-bond donors (Lipinski definition) is 1. The molecule has 1 unspecified atom stereocenters. The highest BCUT2D eigenvalue weighted by molar-refractivity contribution is 7.89. The van der Waals surface area contributed by atoms with Gasteiger partial charge in [-0.3, -0.25) is 0 Å². The van der Waals surface area contributed by atoms with Crippen molar-refractivity contribution in [2.24, 2.45) is 5.92 Å². The SMILES string of the molecule is Cc1nn(-c2ccccc2)c(C)c1S(=O)(=O)NCCC1CCCOC1. The van der Waals surface area contributed by atoms with Crippen molar-refractivity contribution in [1.29, 1.82) is 0 Å². The van der Waals surface area contributed by atoms with Gasteiger partial charge in [-0.15, -0.1) is 0 Å². The Morgan fingerprint density at radius 3 is 2.72 bits per heavy atom. The van der Waals surface area contributed by atoms with E-state index in [1.54, 1.807) is 18.5 Å². The first-order chi connectivity index (χ1) is 12.0. The van der Waals surface area contributed by atoms with E-state index in [0.717, 1.165) is 38.2 Å². The van der Waals surface area contributed by atoms with Gasteiger partial charge in [0.2, 0.25) is 10.0 Å². The van der Waals surface area contributed by atoms with Crippen LogP contribution in [0.4, 0.5) is 0 Å². The van der Waals surface area contributed by atoms with Crippen LogP contribution in [0.25, 0.3) is 5.69 Å². The highest BCUT2D eigenvalue weighted by atomic mass is 32.2. The molecule has 0 saturated carbocycles. The zero-order valence-electron chi connectivity index (χ0n) is 14.7. The fourth-order valence-corrected chi connectivity index (χ4v) is 4.78. The third kappa shape index (κ3) is 4.11. The molecule has 1 N–H and O–H groups in total. The van der Waals surface area contributed by atoms with Crippen LogP contribution in [0.1, 0.15) is 30.7 Å². The number of nitrogens with zero attached hydrogens (tertiary/aromatic N) is 2. The minimum atomic E-state index is -3.58. The van der Waals surface area contributed by atoms with E-state index in [0.29, 0.717) is 23.9 Å². The molecule has 0 bridgehead atoms. The van der Waals surface area contributed by atoms with Crippen molar-refractivity contribution in [3.63, 3.8) is 0 Å². The van der Waals surface area contributed by atoms with Crippen LogP contribution in [0.3, 0.4) is 0 Å². The summed E-state index contributed by atoms with van der Waals surface area (Å²) in [5.74, 6) is 0.436. The number of hydrogen-bond acceptors (Lipinski definition) is 4. The second kappa shape index (κ2) is 7.68. The molecule has 1 aromatic heterocycles. The van der Waals surface area contributed by atoms with Gasteiger partial charge in [-0.1, -0.05) is 18.2 Å². The largest absolute Gasteiger partial charge is 0.381 e. The molecule has 1 aromatic carbocycles. The van der Waals surface area contributed by atoms with Crippen molar-refractivity contribution >= 4 is 10.0 Å². The van der Waals surface area contributed by atoms with Crippen LogP contribution in [-0.4, -0.2) is 38.0 Å². The molecule has 6 nitrogen and oxygen atoms in total. The molecule has 0 amide bonds. The maximum Gasteiger partial charge on any atom is 0.244 e. The summed E-state index contributed by atoms with van der Waals surface area (Å²) in [7, 11) is -3.58. The van der Waals surface area contributed by atoms with E-state index in [2.05, 4.69) is 9.82 Å². The van der Waals surface area contributed by atoms with Crippen LogP contribution in [0.15, 0.2) is 35.2 Å². The van der Waals surface area contributed by atoms with Crippen molar-refractivity contribution in [1.82, 2.24) is 14.5 Å². The normalized spacial score (nSPS) is 18.4. The molecule has 1 aliphatic heterocycles. The lowest BCUT2D eigenvalue weighted by Gasteiger charge is -2.21. The number of rotatable bonds is 6. The first-order valence-electron chi connectivity index (χ1n) is 8.68. The summed E-state index contributed by atoms with van der Waals surface area (Å²) in [6.45, 7) is 5.49. The van der Waals surface area contributed by atoms with Gasteiger partial charge in [-0.25, -0.2) is 17.8 Å². The second-order valence-corrected chi connectivity index (χ2v) is 8.22. The van der Waals surface area contributed by atoms with Crippen molar-refractivity contribution < 1.29 is 13.2 Å². The molecule has 0 spiro atoms. The maximum absolute atomic E-state index is 12.8. The van der Waals surface area contributed by atoms with E-state index in [1.807, 2.05) is 30.3 Å². The van der Waals surface area contributed by atoms with E-state index in [9.17, 15) is 8.42 Å². The smallest absolute Gasteiger partial charge is 0.244 e. The molecule has 25 heavy (non-hydrogen) atoms. The monoisotopic (exact) mass is 363 g/mol. The van der Waals surface area contributed by atoms with Crippen molar-refractivity contribution in [3.8, 4) is 5.69 Å². The summed E-state index contributed by atoms with van der Waals surface area (Å²) < 4.78 is 35.4. The number of ether oxygens (including phenoxy) is 1. The zero-order valence-corrected chi connectivity index (χ0v) is 15.6. The fourth-order valence-electron chi connectivity index (χ4n) is 3.34. The van der Waals surface area contributed by atoms with Crippen molar-refractivity contribution in [3.05, 3.63) is 41.7 Å². The number of aromatic nitrogens is 2. The molecule has 7 heteroatoms. The molecule has 1 atom stereocenters. The van der Waals surface area contributed by atoms with E-state index in [1.165, 1.54) is 0 Å². The number of benzene rings is 1. The van der Waals surface area contributed by atoms with Crippen LogP contribution >= 0.6 is 0 Å². The van der Waals surface area contributed by atoms with E-state index in [-0.39, 0.29) is 4.90 Å². The number of para-hydroxylation sites is 1. The Bertz CT molecular complexity index is 810. The quantitative estimate of drug-likeness (QED) is 0.856. The molecule has 2 aromatic rings. The summed E-state index contributed by atoms with van der Waals surface area (Å²) in [6.07, 6.45) is 2.95. The average molecular weight is 363 g/mol. The molecule has 0 radical (unpaired) electrons. The Morgan fingerprint density at radius 2 is 2.04 bits per heavy atom. The lowest BCUT2D eigenvalue weighted by atomic mass is 9.99. The predicted octanol–water partition coefficient (Wildman–Crippen LogP) is 2.58. The zero-order chi connectivity index (χ0) is 17.9. The standard InChI is InChI=1S/C18H25N3O3S/c1-14-18(15(2)21(20-14)17-8-4-3-5-9-17)25(22,23)19-11-10-16-7-6-12-24-13-16/h3-5,8-9,16,19H,6-7,10-13H2,1-2H3. The van der Waals surface area contributed by atoms with Gasteiger partial charge < -0.3 is 4.74 Å². The molecule has 1 aliphatic rings. The second-order valence-electron chi connectivity index (χ2n) is 6.52. The summed E-state index contributed by atoms with van der Waals surface area (Å²) >= 11 is 0. The van der Waals surface area contributed by atoms with Gasteiger partial charge in [0.05, 0.1) is 17.1 Å². The summed E-state index contributed by atoms with van der Waals surface area (Å²) in [6, 6.07) is 9.55. The van der Waals surface area contributed by atoms with E-state index >= 15 is 0 Å². The number of nitrogens with one attached hydrogen (secondary N) is 1. The fraction of sp³-hybridized carbons (Fsp3) is 0.500. The van der Waals surface area contributed by atoms with Gasteiger partial charge in [0.1, 0.15) is 4.90 Å². The Hall–Kier alpha value is -1.70.